The number of carbonyl (C=O) groups is 1. The Kier molecular flexibility index (Phi) is 2.56. The summed E-state index contributed by atoms with van der Waals surface area (Å²) in [6.45, 7) is 2.02. The molecule has 0 radical (unpaired) electrons. The van der Waals surface area contributed by atoms with Crippen LogP contribution < -0.4 is 0 Å². The molecule has 0 atom stereocenters. The fourth-order valence-electron chi connectivity index (χ4n) is 1.42. The van der Waals surface area contributed by atoms with Crippen LogP contribution >= 0.6 is 11.3 Å². The zero-order chi connectivity index (χ0) is 10.8. The number of hydrogen-bond acceptors (Lipinski definition) is 2. The first-order chi connectivity index (χ1) is 7.16. The lowest BCUT2D eigenvalue weighted by atomic mass is 10.1. The third-order valence-corrected chi connectivity index (χ3v) is 3.08. The van der Waals surface area contributed by atoms with Crippen molar-refractivity contribution in [3.05, 3.63) is 46.2 Å². The van der Waals surface area contributed by atoms with Gasteiger partial charge in [0.05, 0.1) is 0 Å². The molecule has 0 fully saturated rings. The second-order valence-corrected chi connectivity index (χ2v) is 4.29. The summed E-state index contributed by atoms with van der Waals surface area (Å²) < 4.78 is 0. The van der Waals surface area contributed by atoms with Crippen LogP contribution in [0.15, 0.2) is 35.7 Å². The first-order valence-electron chi connectivity index (χ1n) is 4.55. The minimum absolute atomic E-state index is 0.381. The molecular formula is C12H10O2S. The van der Waals surface area contributed by atoms with Gasteiger partial charge in [0, 0.05) is 0 Å². The first-order valence-corrected chi connectivity index (χ1v) is 5.43. The number of benzene rings is 1. The molecule has 2 aromatic rings. The van der Waals surface area contributed by atoms with Gasteiger partial charge in [0.25, 0.3) is 0 Å². The molecule has 3 heteroatoms. The van der Waals surface area contributed by atoms with Gasteiger partial charge in [0.1, 0.15) is 4.88 Å². The molecule has 1 aromatic heterocycles. The number of aromatic carboxylic acids is 1. The van der Waals surface area contributed by atoms with Crippen molar-refractivity contribution in [2.24, 2.45) is 0 Å². The molecule has 1 N–H and O–H groups in total. The van der Waals surface area contributed by atoms with Gasteiger partial charge in [-0.3, -0.25) is 0 Å². The molecule has 0 aliphatic carbocycles. The van der Waals surface area contributed by atoms with Gasteiger partial charge in [-0.05, 0) is 29.5 Å². The van der Waals surface area contributed by atoms with Crippen LogP contribution in [-0.2, 0) is 0 Å². The summed E-state index contributed by atoms with van der Waals surface area (Å²) in [4.78, 5) is 11.1. The Bertz CT molecular complexity index is 500. The molecule has 15 heavy (non-hydrogen) atoms. The molecule has 76 valence electrons. The minimum atomic E-state index is -0.862. The Labute approximate surface area is 91.8 Å². The Morgan fingerprint density at radius 1 is 1.27 bits per heavy atom. The Morgan fingerprint density at radius 2 is 2.07 bits per heavy atom. The van der Waals surface area contributed by atoms with Gasteiger partial charge < -0.3 is 5.11 Å². The second kappa shape index (κ2) is 3.87. The van der Waals surface area contributed by atoms with E-state index in [1.807, 2.05) is 36.6 Å². The summed E-state index contributed by atoms with van der Waals surface area (Å²) in [7, 11) is 0. The van der Waals surface area contributed by atoms with Gasteiger partial charge >= 0.3 is 5.97 Å². The lowest BCUT2D eigenvalue weighted by Gasteiger charge is -1.98. The van der Waals surface area contributed by atoms with Crippen LogP contribution in [0, 0.1) is 6.92 Å². The molecule has 0 saturated heterocycles. The molecule has 0 amide bonds. The Hall–Kier alpha value is -1.61. The smallest absolute Gasteiger partial charge is 0.345 e. The summed E-state index contributed by atoms with van der Waals surface area (Å²) in [5, 5.41) is 10.7. The second-order valence-electron chi connectivity index (χ2n) is 3.37. The molecule has 2 rings (SSSR count). The number of hydrogen-bond donors (Lipinski definition) is 1. The average molecular weight is 218 g/mol. The van der Waals surface area contributed by atoms with Gasteiger partial charge in [0.2, 0.25) is 0 Å². The van der Waals surface area contributed by atoms with Crippen LogP contribution in [0.2, 0.25) is 0 Å². The molecule has 2 nitrogen and oxygen atoms in total. The molecule has 0 saturated carbocycles. The standard InChI is InChI=1S/C12H10O2S/c1-8-3-2-4-9(5-8)10-6-11(12(13)14)15-7-10/h2-7H,1H3,(H,13,14). The van der Waals surface area contributed by atoms with Gasteiger partial charge in [-0.15, -0.1) is 11.3 Å². The van der Waals surface area contributed by atoms with Crippen molar-refractivity contribution in [3.63, 3.8) is 0 Å². The highest BCUT2D eigenvalue weighted by molar-refractivity contribution is 7.12. The molecule has 0 aliphatic heterocycles. The maximum Gasteiger partial charge on any atom is 0.345 e. The van der Waals surface area contributed by atoms with E-state index in [0.717, 1.165) is 11.1 Å². The highest BCUT2D eigenvalue weighted by Crippen LogP contribution is 2.26. The lowest BCUT2D eigenvalue weighted by molar-refractivity contribution is 0.0702. The van der Waals surface area contributed by atoms with Gasteiger partial charge in [-0.2, -0.15) is 0 Å². The number of aryl methyl sites for hydroxylation is 1. The van der Waals surface area contributed by atoms with E-state index in [-0.39, 0.29) is 0 Å². The van der Waals surface area contributed by atoms with Crippen molar-refractivity contribution >= 4 is 17.3 Å². The Balaban J connectivity index is 2.41. The maximum atomic E-state index is 10.7. The predicted molar refractivity (Wildman–Crippen MR) is 61.5 cm³/mol. The van der Waals surface area contributed by atoms with Gasteiger partial charge in [0.15, 0.2) is 0 Å². The maximum absolute atomic E-state index is 10.7. The van der Waals surface area contributed by atoms with Crippen molar-refractivity contribution < 1.29 is 9.90 Å². The SMILES string of the molecule is Cc1cccc(-c2csc(C(=O)O)c2)c1. The van der Waals surface area contributed by atoms with Crippen molar-refractivity contribution in [1.82, 2.24) is 0 Å². The fourth-order valence-corrected chi connectivity index (χ4v) is 2.18. The molecule has 0 bridgehead atoms. The van der Waals surface area contributed by atoms with E-state index in [1.165, 1.54) is 16.9 Å². The molecule has 0 spiro atoms. The van der Waals surface area contributed by atoms with Crippen molar-refractivity contribution in [1.29, 1.82) is 0 Å². The van der Waals surface area contributed by atoms with Crippen LogP contribution in [0.3, 0.4) is 0 Å². The van der Waals surface area contributed by atoms with E-state index in [4.69, 9.17) is 5.11 Å². The van der Waals surface area contributed by atoms with Crippen molar-refractivity contribution in [2.45, 2.75) is 6.92 Å². The van der Waals surface area contributed by atoms with Gasteiger partial charge in [-0.25, -0.2) is 4.79 Å². The Morgan fingerprint density at radius 3 is 2.67 bits per heavy atom. The first kappa shape index (κ1) is 9.93. The number of carboxylic acids is 1. The summed E-state index contributed by atoms with van der Waals surface area (Å²) in [6.07, 6.45) is 0. The molecule has 0 aliphatic rings. The predicted octanol–water partition coefficient (Wildman–Crippen LogP) is 3.42. The zero-order valence-electron chi connectivity index (χ0n) is 8.23. The third-order valence-electron chi connectivity index (χ3n) is 2.16. The number of rotatable bonds is 2. The van der Waals surface area contributed by atoms with E-state index in [0.29, 0.717) is 4.88 Å². The van der Waals surface area contributed by atoms with E-state index >= 15 is 0 Å². The summed E-state index contributed by atoms with van der Waals surface area (Å²) in [6, 6.07) is 9.74. The lowest BCUT2D eigenvalue weighted by Crippen LogP contribution is -1.89. The summed E-state index contributed by atoms with van der Waals surface area (Å²) >= 11 is 1.26. The molecule has 0 unspecified atom stereocenters. The van der Waals surface area contributed by atoms with E-state index in [1.54, 1.807) is 6.07 Å². The van der Waals surface area contributed by atoms with Crippen LogP contribution in [0.25, 0.3) is 11.1 Å². The van der Waals surface area contributed by atoms with Crippen molar-refractivity contribution in [3.8, 4) is 11.1 Å². The zero-order valence-corrected chi connectivity index (χ0v) is 9.04. The van der Waals surface area contributed by atoms with Crippen LogP contribution in [-0.4, -0.2) is 11.1 Å². The molecule has 1 heterocycles. The summed E-state index contributed by atoms with van der Waals surface area (Å²) in [5.41, 5.74) is 3.22. The van der Waals surface area contributed by atoms with Gasteiger partial charge in [-0.1, -0.05) is 29.8 Å². The fraction of sp³-hybridized carbons (Fsp3) is 0.0833. The number of carboxylic acid groups (broad SMARTS) is 1. The quantitative estimate of drug-likeness (QED) is 0.838. The van der Waals surface area contributed by atoms with E-state index < -0.39 is 5.97 Å². The third kappa shape index (κ3) is 2.07. The normalized spacial score (nSPS) is 10.2. The van der Waals surface area contributed by atoms with E-state index in [2.05, 4.69) is 0 Å². The molecule has 1 aromatic carbocycles. The van der Waals surface area contributed by atoms with Crippen molar-refractivity contribution in [2.75, 3.05) is 0 Å². The van der Waals surface area contributed by atoms with Crippen LogP contribution in [0.1, 0.15) is 15.2 Å². The van der Waals surface area contributed by atoms with Crippen LogP contribution in [0.5, 0.6) is 0 Å². The molecular weight excluding hydrogens is 208 g/mol. The minimum Gasteiger partial charge on any atom is -0.477 e. The van der Waals surface area contributed by atoms with Crippen LogP contribution in [0.4, 0.5) is 0 Å². The summed E-state index contributed by atoms with van der Waals surface area (Å²) in [5.74, 6) is -0.862. The highest BCUT2D eigenvalue weighted by atomic mass is 32.1. The monoisotopic (exact) mass is 218 g/mol. The van der Waals surface area contributed by atoms with E-state index in [9.17, 15) is 4.79 Å². The largest absolute Gasteiger partial charge is 0.477 e. The average Bonchev–Trinajstić information content (AvgIpc) is 2.66. The highest BCUT2D eigenvalue weighted by Gasteiger charge is 2.07. The topological polar surface area (TPSA) is 37.3 Å². The number of thiophene rings is 1.